The lowest BCUT2D eigenvalue weighted by Crippen LogP contribution is -2.41. The molecule has 0 radical (unpaired) electrons. The zero-order chi connectivity index (χ0) is 18.2. The lowest BCUT2D eigenvalue weighted by atomic mass is 10.1. The van der Waals surface area contributed by atoms with Crippen LogP contribution in [0.2, 0.25) is 0 Å². The minimum Gasteiger partial charge on any atom is -0.346 e. The molecule has 0 saturated heterocycles. The number of hydrogen-bond donors (Lipinski definition) is 2. The number of likely N-dealkylation sites (N-methyl/N-ethyl adjacent to an activating group) is 1. The number of amides is 2. The highest BCUT2D eigenvalue weighted by Crippen LogP contribution is 2.13. The lowest BCUT2D eigenvalue weighted by molar-refractivity contribution is -0.121. The van der Waals surface area contributed by atoms with Crippen LogP contribution in [0.5, 0.6) is 0 Å². The lowest BCUT2D eigenvalue weighted by Gasteiger charge is -2.23. The van der Waals surface area contributed by atoms with Gasteiger partial charge in [0.2, 0.25) is 5.91 Å². The molecule has 2 aromatic carbocycles. The summed E-state index contributed by atoms with van der Waals surface area (Å²) >= 11 is 3.33. The van der Waals surface area contributed by atoms with Crippen molar-refractivity contribution in [3.8, 4) is 0 Å². The maximum atomic E-state index is 12.2. The molecule has 1 atom stereocenters. The fourth-order valence-corrected chi connectivity index (χ4v) is 2.66. The monoisotopic (exact) mass is 403 g/mol. The second-order valence-electron chi connectivity index (χ2n) is 5.98. The number of hydrogen-bond acceptors (Lipinski definition) is 3. The van der Waals surface area contributed by atoms with Crippen molar-refractivity contribution < 1.29 is 9.59 Å². The molecule has 0 saturated carbocycles. The van der Waals surface area contributed by atoms with E-state index in [0.29, 0.717) is 12.1 Å². The van der Waals surface area contributed by atoms with E-state index in [-0.39, 0.29) is 24.4 Å². The van der Waals surface area contributed by atoms with Gasteiger partial charge < -0.3 is 15.5 Å². The quantitative estimate of drug-likeness (QED) is 0.746. The molecule has 0 unspecified atom stereocenters. The van der Waals surface area contributed by atoms with Gasteiger partial charge in [-0.1, -0.05) is 46.3 Å². The fourth-order valence-electron chi connectivity index (χ4n) is 2.39. The third-order valence-electron chi connectivity index (χ3n) is 3.60. The summed E-state index contributed by atoms with van der Waals surface area (Å²) in [6.45, 7) is 0.613. The topological polar surface area (TPSA) is 61.4 Å². The molecule has 0 aliphatic carbocycles. The Hall–Kier alpha value is -2.18. The van der Waals surface area contributed by atoms with Crippen molar-refractivity contribution in [2.24, 2.45) is 0 Å². The number of rotatable bonds is 7. The smallest absolute Gasteiger partial charge is 0.251 e. The van der Waals surface area contributed by atoms with Crippen LogP contribution in [0.4, 0.5) is 0 Å². The van der Waals surface area contributed by atoms with E-state index in [9.17, 15) is 9.59 Å². The van der Waals surface area contributed by atoms with Crippen LogP contribution in [0.3, 0.4) is 0 Å². The molecule has 0 aliphatic rings. The molecular weight excluding hydrogens is 382 g/mol. The van der Waals surface area contributed by atoms with Gasteiger partial charge in [-0.3, -0.25) is 9.59 Å². The minimum absolute atomic E-state index is 0.0638. The number of halogens is 1. The summed E-state index contributed by atoms with van der Waals surface area (Å²) in [6, 6.07) is 16.6. The SMILES string of the molecule is CN(C)C[C@@H](NC(=O)CNC(=O)c1ccc(Br)cc1)c1ccccc1. The first-order chi connectivity index (χ1) is 12.0. The Kier molecular flexibility index (Phi) is 7.16. The van der Waals surface area contributed by atoms with E-state index >= 15 is 0 Å². The Balaban J connectivity index is 1.92. The highest BCUT2D eigenvalue weighted by molar-refractivity contribution is 9.10. The second-order valence-corrected chi connectivity index (χ2v) is 6.90. The molecule has 0 bridgehead atoms. The van der Waals surface area contributed by atoms with Crippen LogP contribution in [0.25, 0.3) is 0 Å². The maximum absolute atomic E-state index is 12.2. The van der Waals surface area contributed by atoms with Gasteiger partial charge in [-0.2, -0.15) is 0 Å². The molecule has 0 aliphatic heterocycles. The highest BCUT2D eigenvalue weighted by Gasteiger charge is 2.16. The van der Waals surface area contributed by atoms with Crippen LogP contribution in [0, 0.1) is 0 Å². The van der Waals surface area contributed by atoms with Gasteiger partial charge >= 0.3 is 0 Å². The van der Waals surface area contributed by atoms with Crippen LogP contribution in [-0.2, 0) is 4.79 Å². The van der Waals surface area contributed by atoms with E-state index < -0.39 is 0 Å². The van der Waals surface area contributed by atoms with Gasteiger partial charge in [0.1, 0.15) is 0 Å². The van der Waals surface area contributed by atoms with Gasteiger partial charge in [-0.25, -0.2) is 0 Å². The normalized spacial score (nSPS) is 11.8. The zero-order valence-corrected chi connectivity index (χ0v) is 15.9. The molecule has 0 fully saturated rings. The van der Waals surface area contributed by atoms with Crippen LogP contribution >= 0.6 is 15.9 Å². The highest BCUT2D eigenvalue weighted by atomic mass is 79.9. The molecule has 2 amide bonds. The van der Waals surface area contributed by atoms with Gasteiger partial charge in [-0.15, -0.1) is 0 Å². The van der Waals surface area contributed by atoms with Crippen molar-refractivity contribution >= 4 is 27.7 Å². The summed E-state index contributed by atoms with van der Waals surface area (Å²) in [6.07, 6.45) is 0. The summed E-state index contributed by atoms with van der Waals surface area (Å²) in [5.41, 5.74) is 1.55. The molecule has 2 aromatic rings. The van der Waals surface area contributed by atoms with Crippen molar-refractivity contribution in [1.82, 2.24) is 15.5 Å². The first-order valence-electron chi connectivity index (χ1n) is 7.98. The van der Waals surface area contributed by atoms with Crippen molar-refractivity contribution in [1.29, 1.82) is 0 Å². The third kappa shape index (κ3) is 6.32. The van der Waals surface area contributed by atoms with E-state index in [2.05, 4.69) is 26.6 Å². The standard InChI is InChI=1S/C19H22BrN3O2/c1-23(2)13-17(14-6-4-3-5-7-14)22-18(24)12-21-19(25)15-8-10-16(20)11-9-15/h3-11,17H,12-13H2,1-2H3,(H,21,25)(H,22,24)/t17-/m1/s1. The summed E-state index contributed by atoms with van der Waals surface area (Å²) < 4.78 is 0.899. The molecule has 25 heavy (non-hydrogen) atoms. The Bertz CT molecular complexity index is 702. The number of benzene rings is 2. The van der Waals surface area contributed by atoms with Crippen molar-refractivity contribution in [2.45, 2.75) is 6.04 Å². The largest absolute Gasteiger partial charge is 0.346 e. The third-order valence-corrected chi connectivity index (χ3v) is 4.13. The van der Waals surface area contributed by atoms with E-state index in [0.717, 1.165) is 10.0 Å². The van der Waals surface area contributed by atoms with Gasteiger partial charge in [0, 0.05) is 16.6 Å². The van der Waals surface area contributed by atoms with Gasteiger partial charge in [0.15, 0.2) is 0 Å². The Morgan fingerprint density at radius 1 is 1.04 bits per heavy atom. The van der Waals surface area contributed by atoms with E-state index in [4.69, 9.17) is 0 Å². The average molecular weight is 404 g/mol. The molecule has 132 valence electrons. The molecular formula is C19H22BrN3O2. The van der Waals surface area contributed by atoms with Gasteiger partial charge in [0.25, 0.3) is 5.91 Å². The summed E-state index contributed by atoms with van der Waals surface area (Å²) in [5.74, 6) is -0.493. The number of carbonyl (C=O) groups excluding carboxylic acids is 2. The first-order valence-corrected chi connectivity index (χ1v) is 8.78. The molecule has 2 rings (SSSR count). The Morgan fingerprint density at radius 3 is 2.28 bits per heavy atom. The van der Waals surface area contributed by atoms with Gasteiger partial charge in [-0.05, 0) is 43.9 Å². The Labute approximate surface area is 156 Å². The predicted octanol–water partition coefficient (Wildman–Crippen LogP) is 2.60. The number of carbonyl (C=O) groups is 2. The summed E-state index contributed by atoms with van der Waals surface area (Å²) in [4.78, 5) is 26.3. The zero-order valence-electron chi connectivity index (χ0n) is 14.3. The number of nitrogens with one attached hydrogen (secondary N) is 2. The number of nitrogens with zero attached hydrogens (tertiary/aromatic N) is 1. The maximum Gasteiger partial charge on any atom is 0.251 e. The molecule has 0 heterocycles. The molecule has 6 heteroatoms. The van der Waals surface area contributed by atoms with Crippen LogP contribution < -0.4 is 10.6 Å². The summed E-state index contributed by atoms with van der Waals surface area (Å²) in [5, 5.41) is 5.63. The van der Waals surface area contributed by atoms with Gasteiger partial charge in [0.05, 0.1) is 12.6 Å². The molecule has 2 N–H and O–H groups in total. The minimum atomic E-state index is -0.272. The molecule has 5 nitrogen and oxygen atoms in total. The van der Waals surface area contributed by atoms with Crippen LogP contribution in [-0.4, -0.2) is 43.9 Å². The van der Waals surface area contributed by atoms with E-state index in [1.807, 2.05) is 49.3 Å². The van der Waals surface area contributed by atoms with Crippen molar-refractivity contribution in [2.75, 3.05) is 27.2 Å². The van der Waals surface area contributed by atoms with Crippen molar-refractivity contribution in [3.05, 3.63) is 70.2 Å². The predicted molar refractivity (Wildman–Crippen MR) is 102 cm³/mol. The second kappa shape index (κ2) is 9.34. The first kappa shape index (κ1) is 19.1. The van der Waals surface area contributed by atoms with Crippen LogP contribution in [0.15, 0.2) is 59.1 Å². The van der Waals surface area contributed by atoms with Crippen molar-refractivity contribution in [3.63, 3.8) is 0 Å². The fraction of sp³-hybridized carbons (Fsp3) is 0.263. The van der Waals surface area contributed by atoms with Crippen LogP contribution in [0.1, 0.15) is 22.0 Å². The molecule has 0 spiro atoms. The summed E-state index contributed by atoms with van der Waals surface area (Å²) in [7, 11) is 3.91. The molecule has 0 aromatic heterocycles. The average Bonchev–Trinajstić information content (AvgIpc) is 2.60. The Morgan fingerprint density at radius 2 is 1.68 bits per heavy atom. The van der Waals surface area contributed by atoms with E-state index in [1.54, 1.807) is 24.3 Å². The van der Waals surface area contributed by atoms with E-state index in [1.165, 1.54) is 0 Å².